The molecule has 1 fully saturated rings. The van der Waals surface area contributed by atoms with Crippen molar-refractivity contribution in [3.05, 3.63) is 60.8 Å². The summed E-state index contributed by atoms with van der Waals surface area (Å²) in [6.07, 6.45) is 5.30. The van der Waals surface area contributed by atoms with Gasteiger partial charge in [-0.05, 0) is 30.3 Å². The van der Waals surface area contributed by atoms with E-state index in [-0.39, 0.29) is 24.3 Å². The Kier molecular flexibility index (Phi) is 6.07. The maximum absolute atomic E-state index is 13.8. The Morgan fingerprint density at radius 2 is 1.85 bits per heavy atom. The van der Waals surface area contributed by atoms with E-state index < -0.39 is 23.9 Å². The summed E-state index contributed by atoms with van der Waals surface area (Å²) >= 11 is 4.73. The molecule has 1 aliphatic rings. The van der Waals surface area contributed by atoms with E-state index in [2.05, 4.69) is 25.0 Å². The molecule has 0 atom stereocenters. The molecule has 1 aromatic carbocycles. The average molecular weight is 482 g/mol. The zero-order valence-corrected chi connectivity index (χ0v) is 17.6. The third-order valence-electron chi connectivity index (χ3n) is 4.82. The van der Waals surface area contributed by atoms with Crippen molar-refractivity contribution in [2.75, 3.05) is 23.3 Å². The molecule has 7 nitrogen and oxygen atoms in total. The fourth-order valence-electron chi connectivity index (χ4n) is 3.34. The molecule has 0 spiro atoms. The highest BCUT2D eigenvalue weighted by Crippen LogP contribution is 2.35. The third-order valence-corrected chi connectivity index (χ3v) is 4.89. The van der Waals surface area contributed by atoms with Crippen molar-refractivity contribution >= 4 is 29.0 Å². The Hall–Kier alpha value is -3.47. The highest BCUT2D eigenvalue weighted by Gasteiger charge is 2.39. The van der Waals surface area contributed by atoms with Gasteiger partial charge in [-0.15, -0.1) is 8.78 Å². The van der Waals surface area contributed by atoms with Crippen LogP contribution in [0, 0.1) is 0 Å². The van der Waals surface area contributed by atoms with Gasteiger partial charge in [0.2, 0.25) is 0 Å². The number of carbonyl (C=O) groups excluding carboxylic acids is 1. The number of halogens is 5. The van der Waals surface area contributed by atoms with E-state index in [1.807, 2.05) is 0 Å². The van der Waals surface area contributed by atoms with Crippen LogP contribution in [-0.4, -0.2) is 45.4 Å². The van der Waals surface area contributed by atoms with Crippen molar-refractivity contribution < 1.29 is 27.1 Å². The molecule has 0 aliphatic carbocycles. The molecule has 0 saturated carbocycles. The minimum atomic E-state index is -3.85. The molecular formula is C21H16ClF4N5O2. The van der Waals surface area contributed by atoms with Crippen LogP contribution >= 0.6 is 11.6 Å². The van der Waals surface area contributed by atoms with Crippen LogP contribution in [0.5, 0.6) is 5.75 Å². The smallest absolute Gasteiger partial charge is 0.420 e. The van der Waals surface area contributed by atoms with Gasteiger partial charge in [0, 0.05) is 60.0 Å². The number of amides is 1. The van der Waals surface area contributed by atoms with E-state index in [4.69, 9.17) is 11.6 Å². The number of carbonyl (C=O) groups is 1. The third kappa shape index (κ3) is 5.67. The summed E-state index contributed by atoms with van der Waals surface area (Å²) in [6.45, 7) is -0.371. The molecule has 1 N–H and O–H groups in total. The van der Waals surface area contributed by atoms with E-state index in [0.29, 0.717) is 22.6 Å². The Morgan fingerprint density at radius 3 is 2.45 bits per heavy atom. The van der Waals surface area contributed by atoms with Crippen LogP contribution in [0.3, 0.4) is 0 Å². The quantitative estimate of drug-likeness (QED) is 0.402. The molecule has 1 aliphatic heterocycles. The molecule has 4 rings (SSSR count). The number of hydrogen-bond donors (Lipinski definition) is 1. The zero-order valence-electron chi connectivity index (χ0n) is 16.8. The summed E-state index contributed by atoms with van der Waals surface area (Å²) in [7, 11) is 0. The number of hydrogen-bond acceptors (Lipinski definition) is 6. The van der Waals surface area contributed by atoms with Crippen LogP contribution in [0.15, 0.2) is 55.2 Å². The molecule has 0 unspecified atom stereocenters. The lowest BCUT2D eigenvalue weighted by Gasteiger charge is -2.21. The largest absolute Gasteiger partial charge is 0.487 e. The molecule has 1 saturated heterocycles. The van der Waals surface area contributed by atoms with Crippen LogP contribution in [0.1, 0.15) is 16.8 Å². The predicted octanol–water partition coefficient (Wildman–Crippen LogP) is 4.80. The molecule has 0 radical (unpaired) electrons. The predicted molar refractivity (Wildman–Crippen MR) is 113 cm³/mol. The van der Waals surface area contributed by atoms with Crippen LogP contribution in [0.4, 0.5) is 29.1 Å². The minimum absolute atomic E-state index is 0.113. The van der Waals surface area contributed by atoms with E-state index >= 15 is 0 Å². The SMILES string of the molecule is O=C(Nc1ccc(OC(F)(F)Cl)cc1)c1cnc(N2CCC(F)(F)C2)c(-c2cncnc2)c1. The summed E-state index contributed by atoms with van der Waals surface area (Å²) in [5.41, 5.74) is -2.47. The first-order valence-corrected chi connectivity index (χ1v) is 10.0. The number of rotatable bonds is 6. The topological polar surface area (TPSA) is 80.2 Å². The number of nitrogens with one attached hydrogen (secondary N) is 1. The molecule has 2 aromatic heterocycles. The normalized spacial score (nSPS) is 15.4. The second-order valence-electron chi connectivity index (χ2n) is 7.28. The Balaban J connectivity index is 1.58. The maximum atomic E-state index is 13.8. The van der Waals surface area contributed by atoms with Crippen molar-refractivity contribution in [1.29, 1.82) is 0 Å². The first kappa shape index (κ1) is 22.7. The average Bonchev–Trinajstić information content (AvgIpc) is 3.14. The van der Waals surface area contributed by atoms with Gasteiger partial charge in [-0.3, -0.25) is 4.79 Å². The molecule has 12 heteroatoms. The van der Waals surface area contributed by atoms with Gasteiger partial charge in [-0.25, -0.2) is 23.7 Å². The van der Waals surface area contributed by atoms with Gasteiger partial charge in [0.05, 0.1) is 12.1 Å². The molecule has 1 amide bonds. The summed E-state index contributed by atoms with van der Waals surface area (Å²) in [6, 6.07) is 6.66. The highest BCUT2D eigenvalue weighted by atomic mass is 35.5. The van der Waals surface area contributed by atoms with Gasteiger partial charge < -0.3 is 15.0 Å². The van der Waals surface area contributed by atoms with Crippen molar-refractivity contribution in [2.24, 2.45) is 0 Å². The molecule has 3 heterocycles. The lowest BCUT2D eigenvalue weighted by molar-refractivity contribution is -0.0964. The van der Waals surface area contributed by atoms with Gasteiger partial charge in [-0.2, -0.15) is 0 Å². The first-order chi connectivity index (χ1) is 15.6. The summed E-state index contributed by atoms with van der Waals surface area (Å²) in [5, 5.41) is 2.61. The van der Waals surface area contributed by atoms with Crippen molar-refractivity contribution in [2.45, 2.75) is 17.9 Å². The van der Waals surface area contributed by atoms with Crippen molar-refractivity contribution in [3.8, 4) is 16.9 Å². The summed E-state index contributed by atoms with van der Waals surface area (Å²) < 4.78 is 57.2. The number of pyridine rings is 1. The Bertz CT molecular complexity index is 1140. The van der Waals surface area contributed by atoms with Crippen molar-refractivity contribution in [1.82, 2.24) is 15.0 Å². The monoisotopic (exact) mass is 481 g/mol. The zero-order chi connectivity index (χ0) is 23.6. The van der Waals surface area contributed by atoms with E-state index in [9.17, 15) is 22.4 Å². The second-order valence-corrected chi connectivity index (χ2v) is 7.72. The number of alkyl halides is 5. The molecule has 3 aromatic rings. The number of anilines is 2. The number of aromatic nitrogens is 3. The lowest BCUT2D eigenvalue weighted by atomic mass is 10.1. The molecule has 172 valence electrons. The first-order valence-electron chi connectivity index (χ1n) is 9.65. The number of benzene rings is 1. The van der Waals surface area contributed by atoms with Crippen LogP contribution < -0.4 is 15.0 Å². The van der Waals surface area contributed by atoms with Crippen LogP contribution in [0.25, 0.3) is 11.1 Å². The molecular weight excluding hydrogens is 466 g/mol. The Labute approximate surface area is 190 Å². The minimum Gasteiger partial charge on any atom is -0.420 e. The van der Waals surface area contributed by atoms with Gasteiger partial charge in [-0.1, -0.05) is 0 Å². The van der Waals surface area contributed by atoms with Gasteiger partial charge in [0.1, 0.15) is 17.9 Å². The number of nitrogens with zero attached hydrogens (tertiary/aromatic N) is 4. The highest BCUT2D eigenvalue weighted by molar-refractivity contribution is 6.20. The van der Waals surface area contributed by atoms with Crippen LogP contribution in [-0.2, 0) is 0 Å². The van der Waals surface area contributed by atoms with Gasteiger partial charge in [0.25, 0.3) is 11.8 Å². The summed E-state index contributed by atoms with van der Waals surface area (Å²) in [5.74, 6) is -3.27. The summed E-state index contributed by atoms with van der Waals surface area (Å²) in [4.78, 5) is 26.4. The molecule has 33 heavy (non-hydrogen) atoms. The molecule has 0 bridgehead atoms. The maximum Gasteiger partial charge on any atom is 0.487 e. The van der Waals surface area contributed by atoms with Gasteiger partial charge in [0.15, 0.2) is 0 Å². The standard InChI is InChI=1S/C21H16ClF4N5O2/c22-21(25,26)33-16-3-1-15(2-4-16)30-19(32)13-7-17(14-8-27-12-28-9-14)18(29-10-13)31-6-5-20(23,24)11-31/h1-4,7-10,12H,5-6,11H2,(H,30,32). The lowest BCUT2D eigenvalue weighted by Crippen LogP contribution is -2.26. The van der Waals surface area contributed by atoms with E-state index in [0.717, 1.165) is 0 Å². The van der Waals surface area contributed by atoms with E-state index in [1.165, 1.54) is 60.1 Å². The van der Waals surface area contributed by atoms with E-state index in [1.54, 1.807) is 0 Å². The fraction of sp³-hybridized carbons (Fsp3) is 0.238. The second kappa shape index (κ2) is 8.81. The Morgan fingerprint density at radius 1 is 1.15 bits per heavy atom. The van der Waals surface area contributed by atoms with Gasteiger partial charge >= 0.3 is 5.57 Å². The van der Waals surface area contributed by atoms with Crippen molar-refractivity contribution in [3.63, 3.8) is 0 Å². The van der Waals surface area contributed by atoms with Crippen LogP contribution in [0.2, 0.25) is 0 Å². The fourth-order valence-corrected chi connectivity index (χ4v) is 3.43. The number of ether oxygens (including phenoxy) is 1.